The van der Waals surface area contributed by atoms with Crippen LogP contribution in [0.25, 0.3) is 5.65 Å². The van der Waals surface area contributed by atoms with Crippen LogP contribution in [0.1, 0.15) is 93.8 Å². The second-order valence-corrected chi connectivity index (χ2v) is 13.1. The summed E-state index contributed by atoms with van der Waals surface area (Å²) < 4.78 is 15.1. The molecule has 10 nitrogen and oxygen atoms in total. The van der Waals surface area contributed by atoms with Crippen LogP contribution in [0.15, 0.2) is 12.4 Å². The maximum absolute atomic E-state index is 14.0. The lowest BCUT2D eigenvalue weighted by Crippen LogP contribution is -2.72. The Labute approximate surface area is 241 Å². The minimum atomic E-state index is -0.538. The van der Waals surface area contributed by atoms with Crippen LogP contribution < -0.4 is 16.4 Å². The molecule has 0 radical (unpaired) electrons. The maximum Gasteiger partial charge on any atom is 0.259 e. The molecule has 6 rings (SSSR count). The summed E-state index contributed by atoms with van der Waals surface area (Å²) >= 11 is 0. The van der Waals surface area contributed by atoms with Crippen molar-refractivity contribution in [3.8, 4) is 0 Å². The molecule has 0 aromatic carbocycles. The summed E-state index contributed by atoms with van der Waals surface area (Å²) in [6.07, 6.45) is 16.3. The van der Waals surface area contributed by atoms with Crippen molar-refractivity contribution in [2.24, 2.45) is 5.41 Å². The molecular weight excluding hydrogens is 523 g/mol. The fourth-order valence-corrected chi connectivity index (χ4v) is 8.27. The third-order valence-electron chi connectivity index (χ3n) is 10.6. The summed E-state index contributed by atoms with van der Waals surface area (Å²) in [6, 6.07) is 0.0797. The Hall–Kier alpha value is -2.79. The minimum absolute atomic E-state index is 0.0558. The lowest BCUT2D eigenvalue weighted by molar-refractivity contribution is -0.137. The zero-order chi connectivity index (χ0) is 28.6. The van der Waals surface area contributed by atoms with Gasteiger partial charge in [-0.1, -0.05) is 38.5 Å². The smallest absolute Gasteiger partial charge is 0.259 e. The molecule has 2 aromatic heterocycles. The average Bonchev–Trinajstić information content (AvgIpc) is 3.33. The molecule has 3 aliphatic heterocycles. The van der Waals surface area contributed by atoms with E-state index in [0.29, 0.717) is 6.42 Å². The minimum Gasteiger partial charge on any atom is -0.381 e. The summed E-state index contributed by atoms with van der Waals surface area (Å²) in [5, 5.41) is 11.6. The molecule has 2 unspecified atom stereocenters. The normalized spacial score (nSPS) is 27.5. The monoisotopic (exact) mass is 568 g/mol. The van der Waals surface area contributed by atoms with Gasteiger partial charge >= 0.3 is 0 Å². The van der Waals surface area contributed by atoms with Gasteiger partial charge in [0.25, 0.3) is 5.91 Å². The van der Waals surface area contributed by atoms with Crippen LogP contribution in [0, 0.1) is 11.2 Å². The molecule has 5 heterocycles. The number of hydrogen-bond donors (Lipinski definition) is 3. The molecule has 41 heavy (non-hydrogen) atoms. The first-order valence-electron chi connectivity index (χ1n) is 15.6. The van der Waals surface area contributed by atoms with Crippen molar-refractivity contribution in [2.75, 3.05) is 39.0 Å². The number of amides is 2. The predicted molar refractivity (Wildman–Crippen MR) is 155 cm³/mol. The van der Waals surface area contributed by atoms with Gasteiger partial charge in [-0.3, -0.25) is 14.5 Å². The van der Waals surface area contributed by atoms with E-state index in [-0.39, 0.29) is 51.9 Å². The highest BCUT2D eigenvalue weighted by Crippen LogP contribution is 2.42. The molecule has 4 N–H and O–H groups in total. The average molecular weight is 569 g/mol. The Morgan fingerprint density at radius 3 is 2.51 bits per heavy atom. The van der Waals surface area contributed by atoms with Gasteiger partial charge in [-0.05, 0) is 63.6 Å². The second kappa shape index (κ2) is 11.5. The van der Waals surface area contributed by atoms with Crippen LogP contribution in [-0.2, 0) is 4.79 Å². The number of carbonyl (C=O) groups is 2. The first kappa shape index (κ1) is 28.3. The molecule has 2 atom stereocenters. The number of hydrogen-bond acceptors (Lipinski definition) is 7. The number of nitrogens with two attached hydrogens (primary N) is 1. The van der Waals surface area contributed by atoms with Crippen LogP contribution in [0.3, 0.4) is 0 Å². The quantitative estimate of drug-likeness (QED) is 0.520. The highest BCUT2D eigenvalue weighted by molar-refractivity contribution is 6.04. The summed E-state index contributed by atoms with van der Waals surface area (Å²) in [7, 11) is 1.93. The maximum atomic E-state index is 14.0. The molecule has 1 aliphatic carbocycles. The Balaban J connectivity index is 1.28. The molecule has 2 spiro atoms. The van der Waals surface area contributed by atoms with Crippen molar-refractivity contribution in [3.05, 3.63) is 23.8 Å². The predicted octanol–water partition coefficient (Wildman–Crippen LogP) is 3.12. The van der Waals surface area contributed by atoms with Gasteiger partial charge in [0.2, 0.25) is 5.91 Å². The molecule has 11 heteroatoms. The topological polar surface area (TPSA) is 121 Å². The van der Waals surface area contributed by atoms with Gasteiger partial charge in [0.1, 0.15) is 5.56 Å². The highest BCUT2D eigenvalue weighted by Gasteiger charge is 2.49. The molecular formula is C30H45FN8O2. The largest absolute Gasteiger partial charge is 0.381 e. The standard InChI is InChI=1S/C30H45FN8O2/c1-37-20-29(12-8-23(37)40)13-16-38(17-14-29)22-9-15-34-30(10-6-4-2-3-5-7-11-30)25(22)35-28(41)24-26(32)36-39-19-21(31)18-33-27(24)39/h18-19,22,25,34H,2-17,20H2,1H3,(H2,32,36)(H,35,41). The fraction of sp³-hybridized carbons (Fsp3) is 0.733. The SMILES string of the molecule is CN1CC2(CCC1=O)CCN(C1CCNC3(CCCCCCCC3)C1NC(=O)c1c(N)nn3cc(F)cnc13)CC2. The van der Waals surface area contributed by atoms with E-state index in [1.165, 1.54) is 36.4 Å². The zero-order valence-electron chi connectivity index (χ0n) is 24.3. The number of halogens is 1. The van der Waals surface area contributed by atoms with Crippen LogP contribution in [0.5, 0.6) is 0 Å². The first-order valence-corrected chi connectivity index (χ1v) is 15.6. The van der Waals surface area contributed by atoms with Crippen LogP contribution >= 0.6 is 0 Å². The van der Waals surface area contributed by atoms with Crippen molar-refractivity contribution < 1.29 is 14.0 Å². The molecule has 0 bridgehead atoms. The Bertz CT molecular complexity index is 1260. The number of nitrogen functional groups attached to an aromatic ring is 1. The van der Waals surface area contributed by atoms with Crippen LogP contribution in [-0.4, -0.2) is 87.1 Å². The Kier molecular flexibility index (Phi) is 7.93. The van der Waals surface area contributed by atoms with Crippen molar-refractivity contribution in [1.29, 1.82) is 0 Å². The van der Waals surface area contributed by atoms with E-state index in [4.69, 9.17) is 5.73 Å². The third kappa shape index (κ3) is 5.55. The van der Waals surface area contributed by atoms with Crippen LogP contribution in [0.2, 0.25) is 0 Å². The number of nitrogens with one attached hydrogen (secondary N) is 2. The van der Waals surface area contributed by atoms with Gasteiger partial charge in [-0.25, -0.2) is 13.9 Å². The van der Waals surface area contributed by atoms with E-state index >= 15 is 0 Å². The lowest BCUT2D eigenvalue weighted by Gasteiger charge is -2.55. The number of piperidine rings is 3. The van der Waals surface area contributed by atoms with Gasteiger partial charge < -0.3 is 21.3 Å². The molecule has 224 valence electrons. The molecule has 2 amide bonds. The first-order chi connectivity index (χ1) is 19.8. The molecule has 4 fully saturated rings. The van der Waals surface area contributed by atoms with Gasteiger partial charge in [0.15, 0.2) is 17.3 Å². The van der Waals surface area contributed by atoms with E-state index in [9.17, 15) is 14.0 Å². The summed E-state index contributed by atoms with van der Waals surface area (Å²) in [4.78, 5) is 34.9. The van der Waals surface area contributed by atoms with Crippen molar-refractivity contribution >= 4 is 23.3 Å². The summed E-state index contributed by atoms with van der Waals surface area (Å²) in [5.74, 6) is -0.522. The molecule has 2 aromatic rings. The number of likely N-dealkylation sites (tertiary alicyclic amines) is 2. The molecule has 3 saturated heterocycles. The van der Waals surface area contributed by atoms with E-state index < -0.39 is 5.82 Å². The fourth-order valence-electron chi connectivity index (χ4n) is 8.27. The van der Waals surface area contributed by atoms with E-state index in [1.54, 1.807) is 0 Å². The number of fused-ring (bicyclic) bond motifs is 1. The number of nitrogens with zero attached hydrogens (tertiary/aromatic N) is 5. The van der Waals surface area contributed by atoms with Gasteiger partial charge in [-0.2, -0.15) is 0 Å². The van der Waals surface area contributed by atoms with Crippen molar-refractivity contribution in [2.45, 2.75) is 101 Å². The number of aromatic nitrogens is 3. The third-order valence-corrected chi connectivity index (χ3v) is 10.6. The molecule has 4 aliphatic rings. The second-order valence-electron chi connectivity index (χ2n) is 13.1. The zero-order valence-corrected chi connectivity index (χ0v) is 24.3. The number of anilines is 1. The summed E-state index contributed by atoms with van der Waals surface area (Å²) in [6.45, 7) is 3.71. The van der Waals surface area contributed by atoms with Crippen molar-refractivity contribution in [1.82, 2.24) is 35.0 Å². The van der Waals surface area contributed by atoms with Crippen LogP contribution in [0.4, 0.5) is 10.2 Å². The Morgan fingerprint density at radius 2 is 1.80 bits per heavy atom. The molecule has 1 saturated carbocycles. The van der Waals surface area contributed by atoms with Gasteiger partial charge in [0, 0.05) is 31.6 Å². The van der Waals surface area contributed by atoms with Crippen molar-refractivity contribution in [3.63, 3.8) is 0 Å². The number of carbonyl (C=O) groups excluding carboxylic acids is 2. The van der Waals surface area contributed by atoms with E-state index in [2.05, 4.69) is 25.6 Å². The Morgan fingerprint density at radius 1 is 1.10 bits per heavy atom. The van der Waals surface area contributed by atoms with Gasteiger partial charge in [-0.15, -0.1) is 5.10 Å². The highest BCUT2D eigenvalue weighted by atomic mass is 19.1. The lowest BCUT2D eigenvalue weighted by atomic mass is 9.70. The van der Waals surface area contributed by atoms with Gasteiger partial charge in [0.05, 0.1) is 18.4 Å². The van der Waals surface area contributed by atoms with E-state index in [0.717, 1.165) is 83.7 Å². The number of rotatable bonds is 3. The van der Waals surface area contributed by atoms with E-state index in [1.807, 2.05) is 11.9 Å². The summed E-state index contributed by atoms with van der Waals surface area (Å²) in [5.41, 5.74) is 6.69.